The molecule has 0 bridgehead atoms. The fourth-order valence-electron chi connectivity index (χ4n) is 2.42. The summed E-state index contributed by atoms with van der Waals surface area (Å²) in [5, 5.41) is 2.90. The normalized spacial score (nSPS) is 12.8. The number of carbonyl (C=O) groups is 1. The Morgan fingerprint density at radius 1 is 1.30 bits per heavy atom. The van der Waals surface area contributed by atoms with Gasteiger partial charge >= 0.3 is 6.03 Å². The summed E-state index contributed by atoms with van der Waals surface area (Å²) in [6, 6.07) is 7.30. The number of nitrogens with one attached hydrogen (secondary N) is 1. The van der Waals surface area contributed by atoms with Crippen LogP contribution >= 0.6 is 0 Å². The van der Waals surface area contributed by atoms with Gasteiger partial charge in [-0.2, -0.15) is 0 Å². The van der Waals surface area contributed by atoms with Gasteiger partial charge < -0.3 is 15.0 Å². The van der Waals surface area contributed by atoms with Gasteiger partial charge in [0.25, 0.3) is 0 Å². The zero-order valence-corrected chi connectivity index (χ0v) is 13.2. The largest absolute Gasteiger partial charge is 0.494 e. The number of ether oxygens (including phenoxy) is 1. The number of nitrogens with zero attached hydrogens (tertiary/aromatic N) is 3. The van der Waals surface area contributed by atoms with Crippen LogP contribution in [-0.2, 0) is 13.1 Å². The van der Waals surface area contributed by atoms with Crippen molar-refractivity contribution < 1.29 is 9.53 Å². The molecule has 0 saturated carbocycles. The number of carbonyl (C=O) groups excluding carboxylic acids is 1. The lowest BCUT2D eigenvalue weighted by Gasteiger charge is -2.16. The van der Waals surface area contributed by atoms with Gasteiger partial charge in [-0.15, -0.1) is 0 Å². The van der Waals surface area contributed by atoms with E-state index in [4.69, 9.17) is 4.74 Å². The van der Waals surface area contributed by atoms with Crippen molar-refractivity contribution in [3.63, 3.8) is 0 Å². The second-order valence-corrected chi connectivity index (χ2v) is 5.51. The van der Waals surface area contributed by atoms with Gasteiger partial charge in [0, 0.05) is 17.4 Å². The molecule has 0 unspecified atom stereocenters. The van der Waals surface area contributed by atoms with Crippen molar-refractivity contribution in [2.24, 2.45) is 0 Å². The van der Waals surface area contributed by atoms with Crippen molar-refractivity contribution >= 4 is 11.7 Å². The Morgan fingerprint density at radius 2 is 2.13 bits per heavy atom. The third-order valence-corrected chi connectivity index (χ3v) is 3.74. The zero-order valence-electron chi connectivity index (χ0n) is 13.2. The quantitative estimate of drug-likeness (QED) is 0.861. The Kier molecular flexibility index (Phi) is 4.71. The first-order valence-electron chi connectivity index (χ1n) is 7.83. The van der Waals surface area contributed by atoms with E-state index in [0.29, 0.717) is 13.1 Å². The van der Waals surface area contributed by atoms with Crippen molar-refractivity contribution in [1.82, 2.24) is 14.9 Å². The maximum atomic E-state index is 12.3. The van der Waals surface area contributed by atoms with Crippen LogP contribution in [0.25, 0.3) is 0 Å². The Balaban J connectivity index is 1.54. The first-order chi connectivity index (χ1) is 11.3. The van der Waals surface area contributed by atoms with E-state index in [-0.39, 0.29) is 6.03 Å². The maximum Gasteiger partial charge on any atom is 0.322 e. The van der Waals surface area contributed by atoms with Crippen LogP contribution in [0.5, 0.6) is 5.75 Å². The molecule has 1 aliphatic rings. The molecule has 1 aliphatic heterocycles. The second-order valence-electron chi connectivity index (χ2n) is 5.51. The fraction of sp³-hybridized carbons (Fsp3) is 0.353. The molecular formula is C17H20N4O2. The van der Waals surface area contributed by atoms with Gasteiger partial charge in [0.2, 0.25) is 0 Å². The molecule has 6 nitrogen and oxygen atoms in total. The van der Waals surface area contributed by atoms with Crippen LogP contribution < -0.4 is 10.1 Å². The molecule has 3 rings (SSSR count). The minimum absolute atomic E-state index is 0.136. The van der Waals surface area contributed by atoms with E-state index in [1.165, 1.54) is 6.33 Å². The summed E-state index contributed by atoms with van der Waals surface area (Å²) in [6.45, 7) is 3.90. The minimum atomic E-state index is -0.136. The predicted octanol–water partition coefficient (Wildman–Crippen LogP) is 3.20. The van der Waals surface area contributed by atoms with Crippen molar-refractivity contribution in [2.45, 2.75) is 32.9 Å². The van der Waals surface area contributed by atoms with E-state index in [1.54, 1.807) is 11.1 Å². The molecule has 120 valence electrons. The standard InChI is InChI=1S/C17H20N4O2/c1-2-3-8-23-15-6-4-14(5-7-15)20-17(22)21-10-13-9-18-12-19-16(13)11-21/h4-7,9,12H,2-3,8,10-11H2,1H3,(H,20,22). The Hall–Kier alpha value is -2.63. The average molecular weight is 312 g/mol. The van der Waals surface area contributed by atoms with Crippen molar-refractivity contribution in [3.05, 3.63) is 48.0 Å². The number of hydrogen-bond donors (Lipinski definition) is 1. The first-order valence-corrected chi connectivity index (χ1v) is 7.83. The Morgan fingerprint density at radius 3 is 2.87 bits per heavy atom. The van der Waals surface area contributed by atoms with E-state index in [9.17, 15) is 4.79 Å². The van der Waals surface area contributed by atoms with Gasteiger partial charge in [-0.3, -0.25) is 0 Å². The van der Waals surface area contributed by atoms with Gasteiger partial charge in [-0.05, 0) is 30.7 Å². The maximum absolute atomic E-state index is 12.3. The molecule has 1 aromatic carbocycles. The number of aromatic nitrogens is 2. The van der Waals surface area contributed by atoms with Gasteiger partial charge in [0.05, 0.1) is 25.4 Å². The van der Waals surface area contributed by atoms with Gasteiger partial charge in [0.15, 0.2) is 0 Å². The minimum Gasteiger partial charge on any atom is -0.494 e. The van der Waals surface area contributed by atoms with E-state index < -0.39 is 0 Å². The summed E-state index contributed by atoms with van der Waals surface area (Å²) >= 11 is 0. The number of rotatable bonds is 5. The molecule has 0 spiro atoms. The molecule has 0 aliphatic carbocycles. The highest BCUT2D eigenvalue weighted by Crippen LogP contribution is 2.21. The van der Waals surface area contributed by atoms with E-state index in [0.717, 1.165) is 42.1 Å². The summed E-state index contributed by atoms with van der Waals surface area (Å²) in [4.78, 5) is 22.2. The highest BCUT2D eigenvalue weighted by atomic mass is 16.5. The average Bonchev–Trinajstić information content (AvgIpc) is 3.01. The smallest absolute Gasteiger partial charge is 0.322 e. The third-order valence-electron chi connectivity index (χ3n) is 3.74. The van der Waals surface area contributed by atoms with Crippen LogP contribution in [0.3, 0.4) is 0 Å². The van der Waals surface area contributed by atoms with E-state index in [1.807, 2.05) is 24.3 Å². The Labute approximate surface area is 135 Å². The first kappa shape index (κ1) is 15.3. The van der Waals surface area contributed by atoms with Crippen molar-refractivity contribution in [3.8, 4) is 5.75 Å². The van der Waals surface area contributed by atoms with Crippen LogP contribution in [-0.4, -0.2) is 27.5 Å². The highest BCUT2D eigenvalue weighted by Gasteiger charge is 2.24. The fourth-order valence-corrected chi connectivity index (χ4v) is 2.42. The number of anilines is 1. The topological polar surface area (TPSA) is 67.3 Å². The molecular weight excluding hydrogens is 292 g/mol. The van der Waals surface area contributed by atoms with Crippen LogP contribution in [0.15, 0.2) is 36.8 Å². The van der Waals surface area contributed by atoms with Crippen LogP contribution in [0.1, 0.15) is 31.0 Å². The molecule has 2 heterocycles. The van der Waals surface area contributed by atoms with Crippen molar-refractivity contribution in [1.29, 1.82) is 0 Å². The SMILES string of the molecule is CCCCOc1ccc(NC(=O)N2Cc3cncnc3C2)cc1. The molecule has 6 heteroatoms. The molecule has 1 aromatic heterocycles. The number of hydrogen-bond acceptors (Lipinski definition) is 4. The Bertz CT molecular complexity index is 648. The summed E-state index contributed by atoms with van der Waals surface area (Å²) in [6.07, 6.45) is 5.42. The van der Waals surface area contributed by atoms with Crippen molar-refractivity contribution in [2.75, 3.05) is 11.9 Å². The lowest BCUT2D eigenvalue weighted by atomic mass is 10.3. The van der Waals surface area contributed by atoms with E-state index in [2.05, 4.69) is 22.2 Å². The number of unbranched alkanes of at least 4 members (excludes halogenated alkanes) is 1. The summed E-state index contributed by atoms with van der Waals surface area (Å²) < 4.78 is 5.61. The summed E-state index contributed by atoms with van der Waals surface area (Å²) in [5.74, 6) is 0.820. The van der Waals surface area contributed by atoms with Crippen LogP contribution in [0, 0.1) is 0 Å². The molecule has 0 saturated heterocycles. The number of amides is 2. The number of fused-ring (bicyclic) bond motifs is 1. The summed E-state index contributed by atoms with van der Waals surface area (Å²) in [5.41, 5.74) is 2.66. The lowest BCUT2D eigenvalue weighted by Crippen LogP contribution is -2.30. The monoisotopic (exact) mass is 312 g/mol. The molecule has 2 amide bonds. The third kappa shape index (κ3) is 3.77. The molecule has 1 N–H and O–H groups in total. The second kappa shape index (κ2) is 7.09. The van der Waals surface area contributed by atoms with Gasteiger partial charge in [-0.1, -0.05) is 13.3 Å². The van der Waals surface area contributed by atoms with Gasteiger partial charge in [0.1, 0.15) is 12.1 Å². The molecule has 23 heavy (non-hydrogen) atoms. The molecule has 2 aromatic rings. The molecule has 0 atom stereocenters. The lowest BCUT2D eigenvalue weighted by molar-refractivity contribution is 0.212. The van der Waals surface area contributed by atoms with E-state index >= 15 is 0 Å². The van der Waals surface area contributed by atoms with Crippen LogP contribution in [0.2, 0.25) is 0 Å². The summed E-state index contributed by atoms with van der Waals surface area (Å²) in [7, 11) is 0. The number of benzene rings is 1. The highest BCUT2D eigenvalue weighted by molar-refractivity contribution is 5.89. The predicted molar refractivity (Wildman–Crippen MR) is 87.1 cm³/mol. The van der Waals surface area contributed by atoms with Crippen LogP contribution in [0.4, 0.5) is 10.5 Å². The number of urea groups is 1. The van der Waals surface area contributed by atoms with Gasteiger partial charge in [-0.25, -0.2) is 14.8 Å². The molecule has 0 fully saturated rings. The molecule has 0 radical (unpaired) electrons. The zero-order chi connectivity index (χ0) is 16.1.